The van der Waals surface area contributed by atoms with Crippen LogP contribution in [0.15, 0.2) is 39.8 Å². The largest absolute Gasteiger partial charge is 0.476 e. The second-order valence-corrected chi connectivity index (χ2v) is 3.95. The number of aromatic carboxylic acids is 1. The van der Waals surface area contributed by atoms with E-state index in [0.717, 1.165) is 16.7 Å². The number of carbonyl (C=O) groups is 1. The summed E-state index contributed by atoms with van der Waals surface area (Å²) in [5.74, 6) is -0.763. The highest BCUT2D eigenvalue weighted by Gasteiger charge is 2.11. The normalized spacial score (nSPS) is 10.3. The van der Waals surface area contributed by atoms with Crippen molar-refractivity contribution in [2.45, 2.75) is 4.90 Å². The smallest absolute Gasteiger partial charge is 0.357 e. The average molecular weight is 235 g/mol. The molecular weight excluding hydrogens is 226 g/mol. The van der Waals surface area contributed by atoms with Crippen LogP contribution in [0, 0.1) is 0 Å². The number of hydrogen-bond donors (Lipinski definition) is 1. The van der Waals surface area contributed by atoms with Crippen molar-refractivity contribution in [1.82, 2.24) is 4.98 Å². The van der Waals surface area contributed by atoms with E-state index in [-0.39, 0.29) is 5.69 Å². The molecule has 5 heteroatoms. The predicted octanol–water partition coefficient (Wildman–Crippen LogP) is 2.76. The molecule has 0 saturated carbocycles. The van der Waals surface area contributed by atoms with Gasteiger partial charge in [-0.2, -0.15) is 0 Å². The van der Waals surface area contributed by atoms with Crippen molar-refractivity contribution < 1.29 is 14.3 Å². The topological polar surface area (TPSA) is 63.3 Å². The highest BCUT2D eigenvalue weighted by atomic mass is 32.2. The van der Waals surface area contributed by atoms with Crippen LogP contribution in [0.3, 0.4) is 0 Å². The zero-order chi connectivity index (χ0) is 11.5. The zero-order valence-corrected chi connectivity index (χ0v) is 9.32. The van der Waals surface area contributed by atoms with Gasteiger partial charge in [-0.25, -0.2) is 9.78 Å². The number of rotatable bonds is 3. The Balaban J connectivity index is 2.31. The summed E-state index contributed by atoms with van der Waals surface area (Å²) in [5.41, 5.74) is 0.689. The quantitative estimate of drug-likeness (QED) is 0.829. The Morgan fingerprint density at radius 2 is 2.06 bits per heavy atom. The van der Waals surface area contributed by atoms with E-state index >= 15 is 0 Å². The Labute approximate surface area is 96.3 Å². The van der Waals surface area contributed by atoms with Crippen molar-refractivity contribution in [1.29, 1.82) is 0 Å². The van der Waals surface area contributed by atoms with Gasteiger partial charge < -0.3 is 9.52 Å². The molecule has 1 aromatic carbocycles. The fraction of sp³-hybridized carbons (Fsp3) is 0.0909. The molecule has 16 heavy (non-hydrogen) atoms. The molecule has 4 nitrogen and oxygen atoms in total. The lowest BCUT2D eigenvalue weighted by Crippen LogP contribution is -1.95. The Kier molecular flexibility index (Phi) is 2.96. The first kappa shape index (κ1) is 10.8. The Bertz CT molecular complexity index is 504. The van der Waals surface area contributed by atoms with E-state index in [0.29, 0.717) is 5.89 Å². The number of aromatic nitrogens is 1. The first-order valence-electron chi connectivity index (χ1n) is 4.54. The van der Waals surface area contributed by atoms with Crippen LogP contribution in [-0.2, 0) is 0 Å². The van der Waals surface area contributed by atoms with Crippen LogP contribution in [0.2, 0.25) is 0 Å². The molecule has 0 aliphatic rings. The number of thioether (sulfide) groups is 1. The molecule has 0 aliphatic carbocycles. The third kappa shape index (κ3) is 2.09. The molecule has 1 N–H and O–H groups in total. The summed E-state index contributed by atoms with van der Waals surface area (Å²) < 4.78 is 5.09. The lowest BCUT2D eigenvalue weighted by Gasteiger charge is -1.97. The average Bonchev–Trinajstić information content (AvgIpc) is 2.78. The van der Waals surface area contributed by atoms with Gasteiger partial charge in [-0.3, -0.25) is 0 Å². The van der Waals surface area contributed by atoms with Gasteiger partial charge in [0.25, 0.3) is 0 Å². The number of carboxylic acid groups (broad SMARTS) is 1. The van der Waals surface area contributed by atoms with Crippen molar-refractivity contribution >= 4 is 17.7 Å². The maximum Gasteiger partial charge on any atom is 0.357 e. The number of benzene rings is 1. The van der Waals surface area contributed by atoms with Crippen LogP contribution in [0.4, 0.5) is 0 Å². The molecule has 0 unspecified atom stereocenters. The van der Waals surface area contributed by atoms with E-state index in [1.165, 1.54) is 0 Å². The van der Waals surface area contributed by atoms with Crippen molar-refractivity contribution in [2.24, 2.45) is 0 Å². The summed E-state index contributed by atoms with van der Waals surface area (Å²) >= 11 is 1.64. The molecule has 2 aromatic rings. The lowest BCUT2D eigenvalue weighted by atomic mass is 10.2. The fourth-order valence-electron chi connectivity index (χ4n) is 1.24. The van der Waals surface area contributed by atoms with Crippen LogP contribution in [0.5, 0.6) is 0 Å². The van der Waals surface area contributed by atoms with Gasteiger partial charge in [0.05, 0.1) is 0 Å². The van der Waals surface area contributed by atoms with Crippen molar-refractivity contribution in [2.75, 3.05) is 6.26 Å². The standard InChI is InChI=1S/C11H9NO3S/c1-16-8-4-2-7(3-5-8)10-12-9(6-15-10)11(13)14/h2-6H,1H3,(H,13,14). The van der Waals surface area contributed by atoms with Crippen molar-refractivity contribution in [3.8, 4) is 11.5 Å². The summed E-state index contributed by atoms with van der Waals surface area (Å²) in [6.45, 7) is 0. The third-order valence-electron chi connectivity index (χ3n) is 2.06. The van der Waals surface area contributed by atoms with Gasteiger partial charge in [0, 0.05) is 10.5 Å². The van der Waals surface area contributed by atoms with Crippen LogP contribution < -0.4 is 0 Å². The number of carboxylic acids is 1. The number of oxazole rings is 1. The van der Waals surface area contributed by atoms with E-state index in [4.69, 9.17) is 9.52 Å². The second kappa shape index (κ2) is 4.40. The molecule has 0 bridgehead atoms. The minimum atomic E-state index is -1.09. The van der Waals surface area contributed by atoms with E-state index in [1.807, 2.05) is 30.5 Å². The van der Waals surface area contributed by atoms with Gasteiger partial charge in [-0.15, -0.1) is 11.8 Å². The van der Waals surface area contributed by atoms with Gasteiger partial charge in [0.1, 0.15) is 6.26 Å². The van der Waals surface area contributed by atoms with Crippen LogP contribution in [0.1, 0.15) is 10.5 Å². The van der Waals surface area contributed by atoms with Gasteiger partial charge in [-0.05, 0) is 30.5 Å². The van der Waals surface area contributed by atoms with E-state index in [2.05, 4.69) is 4.98 Å². The number of nitrogens with zero attached hydrogens (tertiary/aromatic N) is 1. The van der Waals surface area contributed by atoms with Crippen molar-refractivity contribution in [3.63, 3.8) is 0 Å². The minimum absolute atomic E-state index is 0.0797. The van der Waals surface area contributed by atoms with Crippen molar-refractivity contribution in [3.05, 3.63) is 36.2 Å². The molecule has 0 spiro atoms. The molecule has 0 atom stereocenters. The highest BCUT2D eigenvalue weighted by Crippen LogP contribution is 2.22. The van der Waals surface area contributed by atoms with E-state index < -0.39 is 5.97 Å². The number of hydrogen-bond acceptors (Lipinski definition) is 4. The monoisotopic (exact) mass is 235 g/mol. The first-order chi connectivity index (χ1) is 7.70. The molecule has 0 saturated heterocycles. The third-order valence-corrected chi connectivity index (χ3v) is 2.80. The molecule has 1 aromatic heterocycles. The molecule has 0 aliphatic heterocycles. The van der Waals surface area contributed by atoms with E-state index in [9.17, 15) is 4.79 Å². The summed E-state index contributed by atoms with van der Waals surface area (Å²) in [6.07, 6.45) is 3.13. The molecule has 82 valence electrons. The Morgan fingerprint density at radius 1 is 1.38 bits per heavy atom. The maximum absolute atomic E-state index is 10.6. The summed E-state index contributed by atoms with van der Waals surface area (Å²) in [4.78, 5) is 15.6. The Hall–Kier alpha value is -1.75. The zero-order valence-electron chi connectivity index (χ0n) is 8.51. The minimum Gasteiger partial charge on any atom is -0.476 e. The maximum atomic E-state index is 10.6. The van der Waals surface area contributed by atoms with Crippen LogP contribution >= 0.6 is 11.8 Å². The summed E-state index contributed by atoms with van der Waals surface area (Å²) in [6, 6.07) is 7.57. The molecule has 0 radical (unpaired) electrons. The summed E-state index contributed by atoms with van der Waals surface area (Å²) in [7, 11) is 0. The van der Waals surface area contributed by atoms with E-state index in [1.54, 1.807) is 11.8 Å². The molecule has 1 heterocycles. The molecular formula is C11H9NO3S. The lowest BCUT2D eigenvalue weighted by molar-refractivity contribution is 0.0690. The Morgan fingerprint density at radius 3 is 2.56 bits per heavy atom. The molecule has 2 rings (SSSR count). The van der Waals surface area contributed by atoms with Crippen LogP contribution in [0.25, 0.3) is 11.5 Å². The van der Waals surface area contributed by atoms with Gasteiger partial charge in [0.15, 0.2) is 5.69 Å². The SMILES string of the molecule is CSc1ccc(-c2nc(C(=O)O)co2)cc1. The van der Waals surface area contributed by atoms with Crippen LogP contribution in [-0.4, -0.2) is 22.3 Å². The fourth-order valence-corrected chi connectivity index (χ4v) is 1.65. The van der Waals surface area contributed by atoms with Gasteiger partial charge >= 0.3 is 5.97 Å². The first-order valence-corrected chi connectivity index (χ1v) is 5.76. The van der Waals surface area contributed by atoms with Gasteiger partial charge in [-0.1, -0.05) is 0 Å². The predicted molar refractivity (Wildman–Crippen MR) is 60.7 cm³/mol. The molecule has 0 fully saturated rings. The van der Waals surface area contributed by atoms with Gasteiger partial charge in [0.2, 0.25) is 5.89 Å². The highest BCUT2D eigenvalue weighted by molar-refractivity contribution is 7.98. The summed E-state index contributed by atoms with van der Waals surface area (Å²) in [5, 5.41) is 8.70. The molecule has 0 amide bonds. The second-order valence-electron chi connectivity index (χ2n) is 3.07.